The molecule has 0 saturated carbocycles. The van der Waals surface area contributed by atoms with Gasteiger partial charge in [0, 0.05) is 25.3 Å². The first-order chi connectivity index (χ1) is 12.1. The van der Waals surface area contributed by atoms with Crippen molar-refractivity contribution >= 4 is 5.91 Å². The van der Waals surface area contributed by atoms with Gasteiger partial charge in [0.1, 0.15) is 0 Å². The van der Waals surface area contributed by atoms with E-state index in [9.17, 15) is 4.79 Å². The zero-order valence-corrected chi connectivity index (χ0v) is 14.9. The van der Waals surface area contributed by atoms with Crippen molar-refractivity contribution in [3.05, 3.63) is 47.8 Å². The summed E-state index contributed by atoms with van der Waals surface area (Å²) in [6.45, 7) is 5.08. The Morgan fingerprint density at radius 2 is 2.04 bits per heavy atom. The molecule has 2 aromatic rings. The molecule has 134 valence electrons. The van der Waals surface area contributed by atoms with Crippen LogP contribution >= 0.6 is 0 Å². The maximum Gasteiger partial charge on any atom is 0.254 e. The number of aryl methyl sites for hydroxylation is 1. The average Bonchev–Trinajstić information content (AvgIpc) is 3.03. The van der Waals surface area contributed by atoms with Gasteiger partial charge in [-0.25, -0.2) is 4.68 Å². The summed E-state index contributed by atoms with van der Waals surface area (Å²) in [6, 6.07) is 9.81. The van der Waals surface area contributed by atoms with Crippen molar-refractivity contribution in [1.29, 1.82) is 0 Å². The van der Waals surface area contributed by atoms with Crippen molar-refractivity contribution in [2.24, 2.45) is 5.41 Å². The van der Waals surface area contributed by atoms with Crippen LogP contribution in [0.2, 0.25) is 0 Å². The van der Waals surface area contributed by atoms with Gasteiger partial charge < -0.3 is 15.4 Å². The van der Waals surface area contributed by atoms with Gasteiger partial charge in [-0.3, -0.25) is 4.79 Å². The van der Waals surface area contributed by atoms with Crippen LogP contribution < -0.4 is 10.6 Å². The number of aromatic nitrogens is 2. The smallest absolute Gasteiger partial charge is 0.254 e. The summed E-state index contributed by atoms with van der Waals surface area (Å²) in [4.78, 5) is 12.7. The summed E-state index contributed by atoms with van der Waals surface area (Å²) in [6.07, 6.45) is 3.80. The van der Waals surface area contributed by atoms with E-state index in [1.165, 1.54) is 0 Å². The third kappa shape index (κ3) is 4.08. The Balaban J connectivity index is 1.70. The number of methoxy groups -OCH3 is 1. The highest BCUT2D eigenvalue weighted by atomic mass is 16.5. The van der Waals surface area contributed by atoms with Crippen LogP contribution in [0.4, 0.5) is 0 Å². The minimum Gasteiger partial charge on any atom is -0.384 e. The van der Waals surface area contributed by atoms with Crippen molar-refractivity contribution < 1.29 is 9.53 Å². The number of ether oxygens (including phenoxy) is 1. The molecule has 2 heterocycles. The molecule has 0 unspecified atom stereocenters. The summed E-state index contributed by atoms with van der Waals surface area (Å²) < 4.78 is 7.16. The summed E-state index contributed by atoms with van der Waals surface area (Å²) >= 11 is 0. The highest BCUT2D eigenvalue weighted by Crippen LogP contribution is 2.28. The Bertz CT molecular complexity index is 700. The van der Waals surface area contributed by atoms with Gasteiger partial charge in [-0.05, 0) is 45.0 Å². The van der Waals surface area contributed by atoms with E-state index >= 15 is 0 Å². The molecular weight excluding hydrogens is 316 g/mol. The number of carbonyl (C=O) groups is 1. The number of rotatable bonds is 6. The van der Waals surface area contributed by atoms with Gasteiger partial charge in [0.25, 0.3) is 5.91 Å². The summed E-state index contributed by atoms with van der Waals surface area (Å²) in [5.74, 6) is -0.0753. The predicted molar refractivity (Wildman–Crippen MR) is 97.0 cm³/mol. The van der Waals surface area contributed by atoms with E-state index in [0.29, 0.717) is 18.7 Å². The third-order valence-electron chi connectivity index (χ3n) is 4.90. The van der Waals surface area contributed by atoms with E-state index in [2.05, 4.69) is 15.7 Å². The van der Waals surface area contributed by atoms with Gasteiger partial charge in [-0.2, -0.15) is 5.10 Å². The number of piperidine rings is 1. The maximum absolute atomic E-state index is 12.7. The lowest BCUT2D eigenvalue weighted by atomic mass is 9.79. The molecule has 6 nitrogen and oxygen atoms in total. The number of carbonyl (C=O) groups excluding carboxylic acids is 1. The molecule has 0 aliphatic carbocycles. The second-order valence-corrected chi connectivity index (χ2v) is 6.77. The normalized spacial score (nSPS) is 16.6. The van der Waals surface area contributed by atoms with Crippen molar-refractivity contribution in [1.82, 2.24) is 20.4 Å². The lowest BCUT2D eigenvalue weighted by Crippen LogP contribution is -2.47. The molecule has 25 heavy (non-hydrogen) atoms. The van der Waals surface area contributed by atoms with Crippen LogP contribution in [-0.4, -0.2) is 49.0 Å². The Kier molecular flexibility index (Phi) is 5.50. The molecule has 1 aromatic heterocycles. The van der Waals surface area contributed by atoms with E-state index < -0.39 is 0 Å². The molecule has 1 amide bonds. The van der Waals surface area contributed by atoms with Crippen LogP contribution in [0.1, 0.15) is 28.9 Å². The van der Waals surface area contributed by atoms with Gasteiger partial charge in [0.05, 0.1) is 23.6 Å². The maximum atomic E-state index is 12.7. The SMILES string of the molecule is COCC1(CNC(=O)c2cn(-c3ccccc3)nc2C)CCNCC1. The molecule has 1 aliphatic heterocycles. The quantitative estimate of drug-likeness (QED) is 0.842. The lowest BCUT2D eigenvalue weighted by Gasteiger charge is -2.37. The molecule has 1 aromatic carbocycles. The number of hydrogen-bond acceptors (Lipinski definition) is 4. The molecule has 2 N–H and O–H groups in total. The largest absolute Gasteiger partial charge is 0.384 e. The summed E-state index contributed by atoms with van der Waals surface area (Å²) in [5.41, 5.74) is 2.30. The zero-order valence-electron chi connectivity index (χ0n) is 14.9. The Morgan fingerprint density at radius 1 is 1.32 bits per heavy atom. The topological polar surface area (TPSA) is 68.2 Å². The van der Waals surface area contributed by atoms with Crippen LogP contribution in [0, 0.1) is 12.3 Å². The van der Waals surface area contributed by atoms with Crippen molar-refractivity contribution in [2.45, 2.75) is 19.8 Å². The first-order valence-corrected chi connectivity index (χ1v) is 8.73. The monoisotopic (exact) mass is 342 g/mol. The van der Waals surface area contributed by atoms with Gasteiger partial charge in [-0.1, -0.05) is 18.2 Å². The second kappa shape index (κ2) is 7.80. The Morgan fingerprint density at radius 3 is 2.72 bits per heavy atom. The molecule has 6 heteroatoms. The van der Waals surface area contributed by atoms with Crippen molar-refractivity contribution in [3.63, 3.8) is 0 Å². The molecule has 1 saturated heterocycles. The third-order valence-corrected chi connectivity index (χ3v) is 4.90. The molecule has 0 bridgehead atoms. The van der Waals surface area contributed by atoms with E-state index in [0.717, 1.165) is 37.3 Å². The van der Waals surface area contributed by atoms with E-state index in [1.54, 1.807) is 18.0 Å². The van der Waals surface area contributed by atoms with Gasteiger partial charge >= 0.3 is 0 Å². The van der Waals surface area contributed by atoms with Gasteiger partial charge in [0.2, 0.25) is 0 Å². The fraction of sp³-hybridized carbons (Fsp3) is 0.474. The predicted octanol–water partition coefficient (Wildman–Crippen LogP) is 1.93. The average molecular weight is 342 g/mol. The summed E-state index contributed by atoms with van der Waals surface area (Å²) in [5, 5.41) is 10.9. The fourth-order valence-electron chi connectivity index (χ4n) is 3.39. The molecule has 1 fully saturated rings. The number of hydrogen-bond donors (Lipinski definition) is 2. The molecular formula is C19H26N4O2. The van der Waals surface area contributed by atoms with Crippen molar-refractivity contribution in [2.75, 3.05) is 33.4 Å². The van der Waals surface area contributed by atoms with Crippen LogP contribution in [0.3, 0.4) is 0 Å². The van der Waals surface area contributed by atoms with E-state index in [1.807, 2.05) is 37.3 Å². The Labute approximate surface area is 148 Å². The molecule has 1 aliphatic rings. The van der Waals surface area contributed by atoms with Crippen LogP contribution in [-0.2, 0) is 4.74 Å². The van der Waals surface area contributed by atoms with Crippen LogP contribution in [0.5, 0.6) is 0 Å². The summed E-state index contributed by atoms with van der Waals surface area (Å²) in [7, 11) is 1.72. The Hall–Kier alpha value is -2.18. The number of nitrogens with one attached hydrogen (secondary N) is 2. The highest BCUT2D eigenvalue weighted by molar-refractivity contribution is 5.95. The highest BCUT2D eigenvalue weighted by Gasteiger charge is 2.32. The first kappa shape index (κ1) is 17.6. The fourth-order valence-corrected chi connectivity index (χ4v) is 3.39. The minimum absolute atomic E-state index is 0.0129. The first-order valence-electron chi connectivity index (χ1n) is 8.73. The zero-order chi connectivity index (χ0) is 17.7. The van der Waals surface area contributed by atoms with Gasteiger partial charge in [-0.15, -0.1) is 0 Å². The van der Waals surface area contributed by atoms with Crippen LogP contribution in [0.15, 0.2) is 36.5 Å². The minimum atomic E-state index is -0.0753. The standard InChI is InChI=1S/C19H26N4O2/c1-15-17(12-23(22-15)16-6-4-3-5-7-16)18(24)21-13-19(14-25-2)8-10-20-11-9-19/h3-7,12,20H,8-11,13-14H2,1-2H3,(H,21,24). The number of para-hydroxylation sites is 1. The van der Waals surface area contributed by atoms with E-state index in [-0.39, 0.29) is 11.3 Å². The molecule has 0 atom stereocenters. The number of amides is 1. The molecule has 3 rings (SSSR count). The van der Waals surface area contributed by atoms with E-state index in [4.69, 9.17) is 4.74 Å². The number of benzene rings is 1. The molecule has 0 radical (unpaired) electrons. The second-order valence-electron chi connectivity index (χ2n) is 6.77. The van der Waals surface area contributed by atoms with Crippen molar-refractivity contribution in [3.8, 4) is 5.69 Å². The number of nitrogens with zero attached hydrogens (tertiary/aromatic N) is 2. The lowest BCUT2D eigenvalue weighted by molar-refractivity contribution is 0.0511. The van der Waals surface area contributed by atoms with Crippen LogP contribution in [0.25, 0.3) is 5.69 Å². The van der Waals surface area contributed by atoms with Gasteiger partial charge in [0.15, 0.2) is 0 Å². The molecule has 0 spiro atoms.